The van der Waals surface area contributed by atoms with Crippen molar-refractivity contribution in [2.24, 2.45) is 0 Å². The number of aliphatic hydroxyl groups is 1. The highest BCUT2D eigenvalue weighted by molar-refractivity contribution is 5.99. The summed E-state index contributed by atoms with van der Waals surface area (Å²) in [6, 6.07) is 7.62. The molecule has 1 aliphatic rings. The maximum absolute atomic E-state index is 12.7. The number of amides is 1. The van der Waals surface area contributed by atoms with Crippen molar-refractivity contribution in [3.05, 3.63) is 35.6 Å². The molecule has 5 nitrogen and oxygen atoms in total. The maximum atomic E-state index is 12.7. The van der Waals surface area contributed by atoms with Gasteiger partial charge in [0.15, 0.2) is 5.76 Å². The van der Waals surface area contributed by atoms with Crippen LogP contribution in [0.25, 0.3) is 11.0 Å². The van der Waals surface area contributed by atoms with Crippen LogP contribution in [0.1, 0.15) is 23.0 Å². The highest BCUT2D eigenvalue weighted by Gasteiger charge is 2.31. The predicted octanol–water partition coefficient (Wildman–Crippen LogP) is 1.96. The topological polar surface area (TPSA) is 62.9 Å². The van der Waals surface area contributed by atoms with Crippen LogP contribution in [0.3, 0.4) is 0 Å². The van der Waals surface area contributed by atoms with Gasteiger partial charge in [-0.05, 0) is 19.9 Å². The summed E-state index contributed by atoms with van der Waals surface area (Å²) in [5.41, 5.74) is 1.58. The van der Waals surface area contributed by atoms with Gasteiger partial charge in [0.1, 0.15) is 5.58 Å². The summed E-state index contributed by atoms with van der Waals surface area (Å²) in [7, 11) is 0. The van der Waals surface area contributed by atoms with E-state index in [0.717, 1.165) is 16.5 Å². The third-order valence-electron chi connectivity index (χ3n) is 3.86. The van der Waals surface area contributed by atoms with Crippen molar-refractivity contribution in [3.8, 4) is 0 Å². The summed E-state index contributed by atoms with van der Waals surface area (Å²) < 4.78 is 11.3. The summed E-state index contributed by atoms with van der Waals surface area (Å²) in [5.74, 6) is 0.235. The van der Waals surface area contributed by atoms with E-state index in [1.807, 2.05) is 38.1 Å². The number of ether oxygens (including phenoxy) is 1. The average Bonchev–Trinajstić information content (AvgIpc) is 2.83. The van der Waals surface area contributed by atoms with E-state index < -0.39 is 0 Å². The van der Waals surface area contributed by atoms with Gasteiger partial charge in [0.2, 0.25) is 0 Å². The molecule has 3 rings (SSSR count). The van der Waals surface area contributed by atoms with E-state index >= 15 is 0 Å². The SMILES string of the molecule is Cc1c(C(=O)N2CC(C)OC(CO)C2)oc2ccccc12. The van der Waals surface area contributed by atoms with Gasteiger partial charge in [-0.2, -0.15) is 0 Å². The third-order valence-corrected chi connectivity index (χ3v) is 3.86. The second-order valence-electron chi connectivity index (χ2n) is 5.51. The van der Waals surface area contributed by atoms with Gasteiger partial charge in [-0.15, -0.1) is 0 Å². The van der Waals surface area contributed by atoms with Crippen molar-refractivity contribution in [1.29, 1.82) is 0 Å². The molecule has 2 atom stereocenters. The molecule has 2 unspecified atom stereocenters. The molecule has 1 aromatic heterocycles. The Balaban J connectivity index is 1.91. The van der Waals surface area contributed by atoms with Crippen molar-refractivity contribution in [2.75, 3.05) is 19.7 Å². The van der Waals surface area contributed by atoms with Gasteiger partial charge in [0.05, 0.1) is 18.8 Å². The van der Waals surface area contributed by atoms with Gasteiger partial charge in [0.25, 0.3) is 5.91 Å². The second kappa shape index (κ2) is 5.50. The van der Waals surface area contributed by atoms with Gasteiger partial charge < -0.3 is 19.2 Å². The van der Waals surface area contributed by atoms with E-state index in [9.17, 15) is 9.90 Å². The van der Waals surface area contributed by atoms with Crippen LogP contribution in [0.5, 0.6) is 0 Å². The number of carbonyl (C=O) groups excluding carboxylic acids is 1. The summed E-state index contributed by atoms with van der Waals surface area (Å²) in [4.78, 5) is 14.4. The number of aryl methyl sites for hydroxylation is 1. The Bertz CT molecular complexity index is 663. The van der Waals surface area contributed by atoms with E-state index in [4.69, 9.17) is 9.15 Å². The molecule has 112 valence electrons. The van der Waals surface area contributed by atoms with Crippen LogP contribution in [0.15, 0.2) is 28.7 Å². The molecule has 0 radical (unpaired) electrons. The molecule has 1 aromatic carbocycles. The van der Waals surface area contributed by atoms with Crippen molar-refractivity contribution in [1.82, 2.24) is 4.90 Å². The van der Waals surface area contributed by atoms with E-state index in [-0.39, 0.29) is 24.7 Å². The highest BCUT2D eigenvalue weighted by atomic mass is 16.5. The smallest absolute Gasteiger partial charge is 0.290 e. The standard InChI is InChI=1S/C16H19NO4/c1-10-7-17(8-12(9-18)20-10)16(19)15-11(2)13-5-3-4-6-14(13)21-15/h3-6,10,12,18H,7-9H2,1-2H3. The Labute approximate surface area is 123 Å². The number of carbonyl (C=O) groups is 1. The molecule has 2 aromatic rings. The fourth-order valence-corrected chi connectivity index (χ4v) is 2.83. The Morgan fingerprint density at radius 3 is 2.86 bits per heavy atom. The number of hydrogen-bond donors (Lipinski definition) is 1. The molecular weight excluding hydrogens is 270 g/mol. The van der Waals surface area contributed by atoms with Crippen LogP contribution in [0.2, 0.25) is 0 Å². The zero-order chi connectivity index (χ0) is 15.0. The van der Waals surface area contributed by atoms with Gasteiger partial charge in [-0.25, -0.2) is 0 Å². The Morgan fingerprint density at radius 1 is 1.38 bits per heavy atom. The lowest BCUT2D eigenvalue weighted by molar-refractivity contribution is -0.0862. The first-order valence-electron chi connectivity index (χ1n) is 7.14. The van der Waals surface area contributed by atoms with Crippen LogP contribution in [0.4, 0.5) is 0 Å². The summed E-state index contributed by atoms with van der Waals surface area (Å²) >= 11 is 0. The molecule has 1 amide bonds. The van der Waals surface area contributed by atoms with E-state index in [0.29, 0.717) is 18.8 Å². The first kappa shape index (κ1) is 14.1. The first-order valence-corrected chi connectivity index (χ1v) is 7.14. The number of para-hydroxylation sites is 1. The number of furan rings is 1. The molecule has 21 heavy (non-hydrogen) atoms. The molecule has 2 heterocycles. The number of nitrogens with zero attached hydrogens (tertiary/aromatic N) is 1. The molecule has 5 heteroatoms. The van der Waals surface area contributed by atoms with Crippen molar-refractivity contribution in [3.63, 3.8) is 0 Å². The molecule has 0 saturated carbocycles. The number of fused-ring (bicyclic) bond motifs is 1. The van der Waals surface area contributed by atoms with Gasteiger partial charge >= 0.3 is 0 Å². The highest BCUT2D eigenvalue weighted by Crippen LogP contribution is 2.26. The van der Waals surface area contributed by atoms with Crippen LogP contribution in [-0.4, -0.2) is 47.8 Å². The van der Waals surface area contributed by atoms with Crippen LogP contribution in [0, 0.1) is 6.92 Å². The van der Waals surface area contributed by atoms with E-state index in [1.54, 1.807) is 4.90 Å². The molecule has 0 bridgehead atoms. The number of rotatable bonds is 2. The minimum Gasteiger partial charge on any atom is -0.451 e. The minimum absolute atomic E-state index is 0.0900. The zero-order valence-electron chi connectivity index (χ0n) is 12.2. The normalized spacial score (nSPS) is 22.7. The summed E-state index contributed by atoms with van der Waals surface area (Å²) in [5, 5.41) is 10.2. The molecule has 1 N–H and O–H groups in total. The van der Waals surface area contributed by atoms with Crippen LogP contribution >= 0.6 is 0 Å². The van der Waals surface area contributed by atoms with Crippen LogP contribution < -0.4 is 0 Å². The zero-order valence-corrected chi connectivity index (χ0v) is 12.2. The van der Waals surface area contributed by atoms with Gasteiger partial charge in [0, 0.05) is 24.0 Å². The second-order valence-corrected chi connectivity index (χ2v) is 5.51. The molecule has 1 fully saturated rings. The summed E-state index contributed by atoms with van der Waals surface area (Å²) in [6.07, 6.45) is -0.424. The lowest BCUT2D eigenvalue weighted by Gasteiger charge is -2.35. The van der Waals surface area contributed by atoms with Crippen molar-refractivity contribution < 1.29 is 19.1 Å². The van der Waals surface area contributed by atoms with Gasteiger partial charge in [-0.1, -0.05) is 18.2 Å². The fourth-order valence-electron chi connectivity index (χ4n) is 2.83. The first-order chi connectivity index (χ1) is 10.1. The molecular formula is C16H19NO4. The fraction of sp³-hybridized carbons (Fsp3) is 0.438. The largest absolute Gasteiger partial charge is 0.451 e. The molecule has 0 spiro atoms. The van der Waals surface area contributed by atoms with Gasteiger partial charge in [-0.3, -0.25) is 4.79 Å². The number of benzene rings is 1. The van der Waals surface area contributed by atoms with E-state index in [2.05, 4.69) is 0 Å². The average molecular weight is 289 g/mol. The Kier molecular flexibility index (Phi) is 3.69. The van der Waals surface area contributed by atoms with Crippen molar-refractivity contribution >= 4 is 16.9 Å². The number of aliphatic hydroxyl groups excluding tert-OH is 1. The molecule has 1 aliphatic heterocycles. The third kappa shape index (κ3) is 2.54. The lowest BCUT2D eigenvalue weighted by Crippen LogP contribution is -2.50. The molecule has 0 aliphatic carbocycles. The summed E-state index contributed by atoms with van der Waals surface area (Å²) in [6.45, 7) is 4.59. The maximum Gasteiger partial charge on any atom is 0.290 e. The van der Waals surface area contributed by atoms with E-state index in [1.165, 1.54) is 0 Å². The Morgan fingerprint density at radius 2 is 2.14 bits per heavy atom. The predicted molar refractivity (Wildman–Crippen MR) is 78.3 cm³/mol. The molecule has 1 saturated heterocycles. The Hall–Kier alpha value is -1.85. The number of morpholine rings is 1. The van der Waals surface area contributed by atoms with Crippen molar-refractivity contribution in [2.45, 2.75) is 26.1 Å². The lowest BCUT2D eigenvalue weighted by atomic mass is 10.1. The number of hydrogen-bond acceptors (Lipinski definition) is 4. The quantitative estimate of drug-likeness (QED) is 0.918. The minimum atomic E-state index is -0.331. The monoisotopic (exact) mass is 289 g/mol. The van der Waals surface area contributed by atoms with Crippen LogP contribution in [-0.2, 0) is 4.74 Å².